The van der Waals surface area contributed by atoms with Crippen molar-refractivity contribution in [3.05, 3.63) is 30.3 Å². The standard InChI is InChI=1S/C17H25NO/c1-17(13-19-14-17)12-18(15-8-4-2-5-9-15)16-10-6-3-7-11-16/h2,4-5,8-9,16H,3,6-7,10-14H2,1H3. The highest BCUT2D eigenvalue weighted by molar-refractivity contribution is 5.47. The summed E-state index contributed by atoms with van der Waals surface area (Å²) < 4.78 is 5.44. The summed E-state index contributed by atoms with van der Waals surface area (Å²) in [6.45, 7) is 5.34. The van der Waals surface area contributed by atoms with E-state index in [0.29, 0.717) is 5.41 Å². The van der Waals surface area contributed by atoms with Gasteiger partial charge in [-0.1, -0.05) is 44.4 Å². The van der Waals surface area contributed by atoms with Gasteiger partial charge in [0.2, 0.25) is 0 Å². The van der Waals surface area contributed by atoms with E-state index in [1.165, 1.54) is 37.8 Å². The summed E-state index contributed by atoms with van der Waals surface area (Å²) in [5.41, 5.74) is 1.75. The van der Waals surface area contributed by atoms with E-state index in [1.54, 1.807) is 0 Å². The highest BCUT2D eigenvalue weighted by atomic mass is 16.5. The second-order valence-electron chi connectivity index (χ2n) is 6.56. The molecule has 0 aromatic heterocycles. The third-order valence-corrected chi connectivity index (χ3v) is 4.56. The Kier molecular flexibility index (Phi) is 3.79. The molecule has 0 N–H and O–H groups in total. The summed E-state index contributed by atoms with van der Waals surface area (Å²) in [5, 5.41) is 0. The van der Waals surface area contributed by atoms with Crippen LogP contribution in [0.1, 0.15) is 39.0 Å². The number of hydrogen-bond donors (Lipinski definition) is 0. The first-order chi connectivity index (χ1) is 9.27. The van der Waals surface area contributed by atoms with Gasteiger partial charge in [0.05, 0.1) is 13.2 Å². The number of nitrogens with zero attached hydrogens (tertiary/aromatic N) is 1. The van der Waals surface area contributed by atoms with E-state index >= 15 is 0 Å². The van der Waals surface area contributed by atoms with Gasteiger partial charge in [0.25, 0.3) is 0 Å². The number of benzene rings is 1. The molecule has 1 aromatic rings. The molecule has 104 valence electrons. The van der Waals surface area contributed by atoms with Gasteiger partial charge in [0.1, 0.15) is 0 Å². The molecule has 19 heavy (non-hydrogen) atoms. The predicted molar refractivity (Wildman–Crippen MR) is 79.6 cm³/mol. The van der Waals surface area contributed by atoms with Gasteiger partial charge in [-0.3, -0.25) is 0 Å². The number of para-hydroxylation sites is 1. The van der Waals surface area contributed by atoms with Crippen LogP contribution in [0.3, 0.4) is 0 Å². The molecule has 0 atom stereocenters. The Balaban J connectivity index is 1.78. The SMILES string of the molecule is CC1(CN(c2ccccc2)C2CCCCC2)COC1. The normalized spacial score (nSPS) is 22.8. The Bertz CT molecular complexity index is 393. The van der Waals surface area contributed by atoms with Gasteiger partial charge in [-0.05, 0) is 25.0 Å². The first-order valence-electron chi connectivity index (χ1n) is 7.66. The van der Waals surface area contributed by atoms with E-state index in [0.717, 1.165) is 25.8 Å². The molecule has 0 unspecified atom stereocenters. The lowest BCUT2D eigenvalue weighted by molar-refractivity contribution is -0.0965. The summed E-state index contributed by atoms with van der Waals surface area (Å²) in [7, 11) is 0. The van der Waals surface area contributed by atoms with E-state index in [-0.39, 0.29) is 0 Å². The van der Waals surface area contributed by atoms with Crippen LogP contribution in [-0.2, 0) is 4.74 Å². The van der Waals surface area contributed by atoms with Crippen LogP contribution in [0.15, 0.2) is 30.3 Å². The molecule has 1 aliphatic heterocycles. The van der Waals surface area contributed by atoms with Crippen LogP contribution in [0.4, 0.5) is 5.69 Å². The molecule has 0 bridgehead atoms. The van der Waals surface area contributed by atoms with Crippen LogP contribution in [0.25, 0.3) is 0 Å². The summed E-state index contributed by atoms with van der Waals surface area (Å²) in [4.78, 5) is 2.65. The van der Waals surface area contributed by atoms with Crippen molar-refractivity contribution in [3.63, 3.8) is 0 Å². The van der Waals surface area contributed by atoms with E-state index in [9.17, 15) is 0 Å². The third kappa shape index (κ3) is 2.94. The summed E-state index contributed by atoms with van der Waals surface area (Å²) in [5.74, 6) is 0. The maximum atomic E-state index is 5.44. The average molecular weight is 259 g/mol. The second-order valence-corrected chi connectivity index (χ2v) is 6.56. The number of hydrogen-bond acceptors (Lipinski definition) is 2. The highest BCUT2D eigenvalue weighted by Crippen LogP contribution is 2.34. The molecular formula is C17H25NO. The fourth-order valence-corrected chi connectivity index (χ4v) is 3.40. The Hall–Kier alpha value is -1.02. The first-order valence-corrected chi connectivity index (χ1v) is 7.66. The molecule has 2 aliphatic rings. The van der Waals surface area contributed by atoms with Gasteiger partial charge < -0.3 is 9.64 Å². The topological polar surface area (TPSA) is 12.5 Å². The quantitative estimate of drug-likeness (QED) is 0.814. The predicted octanol–water partition coefficient (Wildman–Crippen LogP) is 3.86. The Morgan fingerprint density at radius 2 is 1.79 bits per heavy atom. The molecule has 1 heterocycles. The molecule has 1 saturated carbocycles. The van der Waals surface area contributed by atoms with Crippen molar-refractivity contribution in [2.75, 3.05) is 24.7 Å². The molecule has 1 aliphatic carbocycles. The lowest BCUT2D eigenvalue weighted by Gasteiger charge is -2.46. The molecule has 1 saturated heterocycles. The van der Waals surface area contributed by atoms with Gasteiger partial charge in [0.15, 0.2) is 0 Å². The van der Waals surface area contributed by atoms with Crippen molar-refractivity contribution in [2.24, 2.45) is 5.41 Å². The molecule has 3 rings (SSSR count). The van der Waals surface area contributed by atoms with Crippen molar-refractivity contribution in [1.29, 1.82) is 0 Å². The van der Waals surface area contributed by atoms with Crippen LogP contribution in [0.2, 0.25) is 0 Å². The lowest BCUT2D eigenvalue weighted by Crippen LogP contribution is -2.52. The van der Waals surface area contributed by atoms with E-state index in [2.05, 4.69) is 42.2 Å². The van der Waals surface area contributed by atoms with Crippen LogP contribution in [0, 0.1) is 5.41 Å². The second kappa shape index (κ2) is 5.54. The average Bonchev–Trinajstić information content (AvgIpc) is 2.45. The number of rotatable bonds is 4. The minimum Gasteiger partial charge on any atom is -0.380 e. The van der Waals surface area contributed by atoms with Crippen LogP contribution < -0.4 is 4.90 Å². The summed E-state index contributed by atoms with van der Waals surface area (Å²) in [6, 6.07) is 11.7. The molecule has 0 radical (unpaired) electrons. The molecular weight excluding hydrogens is 234 g/mol. The van der Waals surface area contributed by atoms with Crippen LogP contribution >= 0.6 is 0 Å². The lowest BCUT2D eigenvalue weighted by atomic mass is 9.85. The fourth-order valence-electron chi connectivity index (χ4n) is 3.40. The molecule has 1 aromatic carbocycles. The first kappa shape index (κ1) is 13.0. The minimum atomic E-state index is 0.354. The van der Waals surface area contributed by atoms with Crippen molar-refractivity contribution < 1.29 is 4.74 Å². The van der Waals surface area contributed by atoms with Gasteiger partial charge >= 0.3 is 0 Å². The van der Waals surface area contributed by atoms with E-state index in [1.807, 2.05) is 0 Å². The van der Waals surface area contributed by atoms with Gasteiger partial charge in [-0.15, -0.1) is 0 Å². The van der Waals surface area contributed by atoms with Crippen molar-refractivity contribution in [2.45, 2.75) is 45.1 Å². The Morgan fingerprint density at radius 3 is 2.37 bits per heavy atom. The van der Waals surface area contributed by atoms with Crippen LogP contribution in [0.5, 0.6) is 0 Å². The zero-order valence-electron chi connectivity index (χ0n) is 12.0. The summed E-state index contributed by atoms with van der Waals surface area (Å²) in [6.07, 6.45) is 6.90. The molecule has 0 spiro atoms. The van der Waals surface area contributed by atoms with Gasteiger partial charge in [0, 0.05) is 23.7 Å². The number of anilines is 1. The molecule has 2 fully saturated rings. The zero-order chi connectivity index (χ0) is 13.1. The smallest absolute Gasteiger partial charge is 0.0559 e. The van der Waals surface area contributed by atoms with E-state index < -0.39 is 0 Å². The van der Waals surface area contributed by atoms with Crippen molar-refractivity contribution in [3.8, 4) is 0 Å². The Labute approximate surface area is 116 Å². The maximum Gasteiger partial charge on any atom is 0.0559 e. The molecule has 2 nitrogen and oxygen atoms in total. The monoisotopic (exact) mass is 259 g/mol. The number of ether oxygens (including phenoxy) is 1. The Morgan fingerprint density at radius 1 is 1.11 bits per heavy atom. The molecule has 0 amide bonds. The minimum absolute atomic E-state index is 0.354. The highest BCUT2D eigenvalue weighted by Gasteiger charge is 2.37. The van der Waals surface area contributed by atoms with Gasteiger partial charge in [-0.2, -0.15) is 0 Å². The van der Waals surface area contributed by atoms with E-state index in [4.69, 9.17) is 4.74 Å². The molecule has 2 heteroatoms. The third-order valence-electron chi connectivity index (χ3n) is 4.56. The fraction of sp³-hybridized carbons (Fsp3) is 0.647. The van der Waals surface area contributed by atoms with Crippen molar-refractivity contribution >= 4 is 5.69 Å². The van der Waals surface area contributed by atoms with Crippen molar-refractivity contribution in [1.82, 2.24) is 0 Å². The maximum absolute atomic E-state index is 5.44. The zero-order valence-corrected chi connectivity index (χ0v) is 12.0. The van der Waals surface area contributed by atoms with Crippen LogP contribution in [-0.4, -0.2) is 25.8 Å². The summed E-state index contributed by atoms with van der Waals surface area (Å²) >= 11 is 0. The van der Waals surface area contributed by atoms with Gasteiger partial charge in [-0.25, -0.2) is 0 Å². The largest absolute Gasteiger partial charge is 0.380 e.